The lowest BCUT2D eigenvalue weighted by molar-refractivity contribution is -0.133. The van der Waals surface area contributed by atoms with Gasteiger partial charge in [-0.05, 0) is 44.5 Å². The predicted molar refractivity (Wildman–Crippen MR) is 110 cm³/mol. The molecule has 1 aliphatic heterocycles. The number of rotatable bonds is 6. The number of carbonyl (C=O) groups excluding carboxylic acids is 2. The van der Waals surface area contributed by atoms with Crippen LogP contribution >= 0.6 is 0 Å². The number of hydrogen-bond donors (Lipinski definition) is 0. The lowest BCUT2D eigenvalue weighted by atomic mass is 10.1. The van der Waals surface area contributed by atoms with E-state index in [1.807, 2.05) is 43.0 Å². The van der Waals surface area contributed by atoms with Crippen LogP contribution in [-0.2, 0) is 9.53 Å². The molecule has 0 radical (unpaired) electrons. The molecule has 0 unspecified atom stereocenters. The zero-order valence-corrected chi connectivity index (χ0v) is 17.2. The maximum absolute atomic E-state index is 12.5. The van der Waals surface area contributed by atoms with Crippen molar-refractivity contribution >= 4 is 17.7 Å². The van der Waals surface area contributed by atoms with Crippen molar-refractivity contribution in [1.29, 1.82) is 0 Å². The molecule has 0 saturated carbocycles. The quantitative estimate of drug-likeness (QED) is 0.698. The smallest absolute Gasteiger partial charge is 0.339 e. The normalized spacial score (nSPS) is 13.9. The van der Waals surface area contributed by atoms with Gasteiger partial charge in [0.05, 0.1) is 12.2 Å². The molecule has 154 valence electrons. The Morgan fingerprint density at radius 3 is 2.45 bits per heavy atom. The van der Waals surface area contributed by atoms with Crippen molar-refractivity contribution in [2.75, 3.05) is 44.3 Å². The fraction of sp³-hybridized carbons (Fsp3) is 0.409. The molecule has 2 heterocycles. The van der Waals surface area contributed by atoms with Crippen molar-refractivity contribution in [3.8, 4) is 5.75 Å². The number of nitrogens with zero attached hydrogens (tertiary/aromatic N) is 3. The van der Waals surface area contributed by atoms with Gasteiger partial charge in [-0.2, -0.15) is 0 Å². The Morgan fingerprint density at radius 2 is 1.83 bits per heavy atom. The molecule has 0 spiro atoms. The van der Waals surface area contributed by atoms with Gasteiger partial charge in [0.2, 0.25) is 0 Å². The molecule has 0 aliphatic carbocycles. The molecule has 1 amide bonds. The molecule has 0 atom stereocenters. The monoisotopic (exact) mass is 397 g/mol. The maximum atomic E-state index is 12.5. The van der Waals surface area contributed by atoms with Crippen LogP contribution < -0.4 is 9.64 Å². The highest BCUT2D eigenvalue weighted by Crippen LogP contribution is 2.19. The second-order valence-electron chi connectivity index (χ2n) is 7.05. The number of anilines is 1. The third-order valence-corrected chi connectivity index (χ3v) is 4.90. The standard InChI is InChI=1S/C22H27N3O4/c1-4-28-22(27)18-6-8-20(23-14-18)24-9-11-25(12-10-24)21(26)15-29-19-7-5-16(2)13-17(19)3/h5-8,13-14H,4,9-12,15H2,1-3H3. The first kappa shape index (κ1) is 20.6. The highest BCUT2D eigenvalue weighted by Gasteiger charge is 2.22. The largest absolute Gasteiger partial charge is 0.484 e. The minimum absolute atomic E-state index is 0.0183. The summed E-state index contributed by atoms with van der Waals surface area (Å²) in [6, 6.07) is 9.45. The first-order valence-electron chi connectivity index (χ1n) is 9.84. The van der Waals surface area contributed by atoms with E-state index in [0.717, 1.165) is 17.1 Å². The summed E-state index contributed by atoms with van der Waals surface area (Å²) in [5, 5.41) is 0. The van der Waals surface area contributed by atoms with Crippen molar-refractivity contribution in [2.45, 2.75) is 20.8 Å². The molecule has 1 fully saturated rings. The van der Waals surface area contributed by atoms with E-state index >= 15 is 0 Å². The molecule has 1 saturated heterocycles. The van der Waals surface area contributed by atoms with Gasteiger partial charge in [-0.3, -0.25) is 4.79 Å². The zero-order valence-electron chi connectivity index (χ0n) is 17.2. The minimum Gasteiger partial charge on any atom is -0.484 e. The van der Waals surface area contributed by atoms with Crippen molar-refractivity contribution in [3.05, 3.63) is 53.2 Å². The number of piperazine rings is 1. The molecule has 2 aromatic rings. The van der Waals surface area contributed by atoms with Crippen LogP contribution in [0.25, 0.3) is 0 Å². The second kappa shape index (κ2) is 9.41. The Balaban J connectivity index is 1.49. The third-order valence-electron chi connectivity index (χ3n) is 4.90. The van der Waals surface area contributed by atoms with Gasteiger partial charge < -0.3 is 19.3 Å². The fourth-order valence-electron chi connectivity index (χ4n) is 3.29. The fourth-order valence-corrected chi connectivity index (χ4v) is 3.29. The highest BCUT2D eigenvalue weighted by atomic mass is 16.5. The van der Waals surface area contributed by atoms with E-state index in [2.05, 4.69) is 9.88 Å². The summed E-state index contributed by atoms with van der Waals surface area (Å²) in [6.07, 6.45) is 1.53. The topological polar surface area (TPSA) is 72.0 Å². The maximum Gasteiger partial charge on any atom is 0.339 e. The molecule has 3 rings (SSSR count). The van der Waals surface area contributed by atoms with Crippen LogP contribution in [0.5, 0.6) is 5.75 Å². The molecule has 7 nitrogen and oxygen atoms in total. The van der Waals surface area contributed by atoms with Crippen LogP contribution in [0.2, 0.25) is 0 Å². The van der Waals surface area contributed by atoms with E-state index in [1.165, 1.54) is 11.8 Å². The summed E-state index contributed by atoms with van der Waals surface area (Å²) in [4.78, 5) is 32.5. The number of carbonyl (C=O) groups is 2. The van der Waals surface area contributed by atoms with Gasteiger partial charge in [0.15, 0.2) is 6.61 Å². The summed E-state index contributed by atoms with van der Waals surface area (Å²) in [6.45, 7) is 8.73. The molecule has 1 aromatic carbocycles. The van der Waals surface area contributed by atoms with Crippen molar-refractivity contribution in [2.24, 2.45) is 0 Å². The van der Waals surface area contributed by atoms with E-state index < -0.39 is 0 Å². The molecular weight excluding hydrogens is 370 g/mol. The van der Waals surface area contributed by atoms with Crippen LogP contribution in [0, 0.1) is 13.8 Å². The van der Waals surface area contributed by atoms with Crippen molar-refractivity contribution in [3.63, 3.8) is 0 Å². The number of aryl methyl sites for hydroxylation is 2. The van der Waals surface area contributed by atoms with Gasteiger partial charge in [-0.1, -0.05) is 17.7 Å². The van der Waals surface area contributed by atoms with Crippen molar-refractivity contribution in [1.82, 2.24) is 9.88 Å². The van der Waals surface area contributed by atoms with Gasteiger partial charge >= 0.3 is 5.97 Å². The lowest BCUT2D eigenvalue weighted by Gasteiger charge is -2.35. The average Bonchev–Trinajstić information content (AvgIpc) is 2.73. The number of hydrogen-bond acceptors (Lipinski definition) is 6. The molecular formula is C22H27N3O4. The predicted octanol–water partition coefficient (Wildman–Crippen LogP) is 2.60. The van der Waals surface area contributed by atoms with Crippen LogP contribution in [0.1, 0.15) is 28.4 Å². The Hall–Kier alpha value is -3.09. The molecule has 1 aromatic heterocycles. The van der Waals surface area contributed by atoms with E-state index in [9.17, 15) is 9.59 Å². The summed E-state index contributed by atoms with van der Waals surface area (Å²) in [7, 11) is 0. The van der Waals surface area contributed by atoms with Gasteiger partial charge in [0.1, 0.15) is 11.6 Å². The Morgan fingerprint density at radius 1 is 1.07 bits per heavy atom. The van der Waals surface area contributed by atoms with Gasteiger partial charge in [-0.25, -0.2) is 9.78 Å². The Bertz CT molecular complexity index is 859. The first-order valence-corrected chi connectivity index (χ1v) is 9.84. The SMILES string of the molecule is CCOC(=O)c1ccc(N2CCN(C(=O)COc3ccc(C)cc3C)CC2)nc1. The number of ether oxygens (including phenoxy) is 2. The van der Waals surface area contributed by atoms with E-state index in [4.69, 9.17) is 9.47 Å². The van der Waals surface area contributed by atoms with E-state index in [0.29, 0.717) is 38.3 Å². The lowest BCUT2D eigenvalue weighted by Crippen LogP contribution is -2.50. The molecule has 1 aliphatic rings. The molecule has 7 heteroatoms. The summed E-state index contributed by atoms with van der Waals surface area (Å²) < 4.78 is 10.7. The van der Waals surface area contributed by atoms with Gasteiger partial charge in [0.25, 0.3) is 5.91 Å². The number of esters is 1. The molecule has 0 bridgehead atoms. The minimum atomic E-state index is -0.370. The third kappa shape index (κ3) is 5.25. The van der Waals surface area contributed by atoms with Crippen LogP contribution in [0.15, 0.2) is 36.5 Å². The first-order chi connectivity index (χ1) is 14.0. The number of aromatic nitrogens is 1. The number of amides is 1. The summed E-state index contributed by atoms with van der Waals surface area (Å²) in [5.41, 5.74) is 2.63. The second-order valence-corrected chi connectivity index (χ2v) is 7.05. The molecule has 29 heavy (non-hydrogen) atoms. The molecule has 0 N–H and O–H groups in total. The van der Waals surface area contributed by atoms with Crippen LogP contribution in [-0.4, -0.2) is 61.2 Å². The van der Waals surface area contributed by atoms with Crippen molar-refractivity contribution < 1.29 is 19.1 Å². The Kier molecular flexibility index (Phi) is 6.69. The summed E-state index contributed by atoms with van der Waals surface area (Å²) in [5.74, 6) is 1.14. The van der Waals surface area contributed by atoms with Crippen LogP contribution in [0.4, 0.5) is 5.82 Å². The Labute approximate surface area is 171 Å². The summed E-state index contributed by atoms with van der Waals surface area (Å²) >= 11 is 0. The zero-order chi connectivity index (χ0) is 20.8. The van der Waals surface area contributed by atoms with Gasteiger partial charge in [-0.15, -0.1) is 0 Å². The van der Waals surface area contributed by atoms with Gasteiger partial charge in [0, 0.05) is 32.4 Å². The highest BCUT2D eigenvalue weighted by molar-refractivity contribution is 5.89. The average molecular weight is 397 g/mol. The van der Waals surface area contributed by atoms with Crippen LogP contribution in [0.3, 0.4) is 0 Å². The number of benzene rings is 1. The van der Waals surface area contributed by atoms with E-state index in [1.54, 1.807) is 13.0 Å². The number of pyridine rings is 1. The van der Waals surface area contributed by atoms with E-state index in [-0.39, 0.29) is 18.5 Å².